The quantitative estimate of drug-likeness (QED) is 0.245. The molecule has 0 aromatic heterocycles. The van der Waals surface area contributed by atoms with Gasteiger partial charge in [0.2, 0.25) is 0 Å². The molecule has 34 heavy (non-hydrogen) atoms. The Labute approximate surface area is 196 Å². The van der Waals surface area contributed by atoms with Crippen LogP contribution in [0.15, 0.2) is 48.5 Å². The Bertz CT molecular complexity index is 1110. The van der Waals surface area contributed by atoms with Crippen LogP contribution in [0, 0.1) is 35.0 Å². The van der Waals surface area contributed by atoms with Crippen LogP contribution in [0.3, 0.4) is 0 Å². The number of benzene rings is 3. The summed E-state index contributed by atoms with van der Waals surface area (Å²) in [5.41, 5.74) is 0.529. The fraction of sp³-hybridized carbons (Fsp3) is 0.357. The van der Waals surface area contributed by atoms with Crippen LogP contribution < -0.4 is 4.74 Å². The van der Waals surface area contributed by atoms with Crippen molar-refractivity contribution in [1.82, 2.24) is 0 Å². The summed E-state index contributed by atoms with van der Waals surface area (Å²) in [5.74, 6) is -6.60. The van der Waals surface area contributed by atoms with Gasteiger partial charge in [0.1, 0.15) is 11.6 Å². The maximum atomic E-state index is 15.9. The predicted octanol–water partition coefficient (Wildman–Crippen LogP) is 9.31. The molecule has 3 aromatic carbocycles. The molecule has 0 spiro atoms. The second-order valence-corrected chi connectivity index (χ2v) is 8.99. The van der Waals surface area contributed by atoms with Crippen LogP contribution >= 0.6 is 0 Å². The van der Waals surface area contributed by atoms with Crippen molar-refractivity contribution in [2.75, 3.05) is 0 Å². The highest BCUT2D eigenvalue weighted by atomic mass is 19.2. The van der Waals surface area contributed by atoms with Gasteiger partial charge in [0.15, 0.2) is 29.0 Å². The summed E-state index contributed by atoms with van der Waals surface area (Å²) in [5, 5.41) is 0. The van der Waals surface area contributed by atoms with Crippen LogP contribution in [0.4, 0.5) is 22.0 Å². The average Bonchev–Trinajstić information content (AvgIpc) is 2.84. The molecule has 0 aliphatic heterocycles. The third-order valence-electron chi connectivity index (χ3n) is 6.69. The van der Waals surface area contributed by atoms with Gasteiger partial charge in [0.05, 0.1) is 0 Å². The van der Waals surface area contributed by atoms with E-state index in [1.807, 2.05) is 0 Å². The van der Waals surface area contributed by atoms with Crippen LogP contribution in [0.2, 0.25) is 0 Å². The van der Waals surface area contributed by atoms with Gasteiger partial charge in [-0.1, -0.05) is 56.5 Å². The molecule has 1 fully saturated rings. The zero-order valence-electron chi connectivity index (χ0n) is 19.0. The highest BCUT2D eigenvalue weighted by Crippen LogP contribution is 2.45. The number of rotatable bonds is 7. The van der Waals surface area contributed by atoms with Gasteiger partial charge in [0.25, 0.3) is 0 Å². The lowest BCUT2D eigenvalue weighted by molar-refractivity contribution is 0.294. The van der Waals surface area contributed by atoms with E-state index in [4.69, 9.17) is 4.74 Å². The number of hydrogen-bond acceptors (Lipinski definition) is 1. The second kappa shape index (κ2) is 10.6. The summed E-state index contributed by atoms with van der Waals surface area (Å²) < 4.78 is 77.8. The fourth-order valence-electron chi connectivity index (χ4n) is 4.86. The van der Waals surface area contributed by atoms with Crippen molar-refractivity contribution in [2.24, 2.45) is 5.92 Å². The summed E-state index contributed by atoms with van der Waals surface area (Å²) in [6, 6.07) is 11.0. The van der Waals surface area contributed by atoms with Crippen LogP contribution in [-0.4, -0.2) is 0 Å². The van der Waals surface area contributed by atoms with E-state index in [1.54, 1.807) is 30.3 Å². The zero-order chi connectivity index (χ0) is 24.2. The van der Waals surface area contributed by atoms with Crippen molar-refractivity contribution < 1.29 is 26.7 Å². The molecule has 0 radical (unpaired) electrons. The van der Waals surface area contributed by atoms with Gasteiger partial charge in [-0.3, -0.25) is 0 Å². The van der Waals surface area contributed by atoms with E-state index in [0.29, 0.717) is 36.5 Å². The molecule has 0 N–H and O–H groups in total. The first kappa shape index (κ1) is 24.2. The second-order valence-electron chi connectivity index (χ2n) is 8.99. The Morgan fingerprint density at radius 1 is 0.794 bits per heavy atom. The molecule has 0 atom stereocenters. The first-order valence-corrected chi connectivity index (χ1v) is 11.8. The standard InChI is InChI=1S/C28H27F5O/c1-2-3-7-17-10-12-19(13-11-17)25-22(29)16-21(18-8-5-4-6-9-18)28(27(25)33)34-20-14-23(30)26(32)24(31)15-20/h4-6,8-9,14-17,19H,2-3,7,10-13H2,1H3. The molecular weight excluding hydrogens is 447 g/mol. The van der Waals surface area contributed by atoms with Crippen molar-refractivity contribution in [3.63, 3.8) is 0 Å². The Hall–Kier alpha value is -2.89. The number of hydrogen-bond donors (Lipinski definition) is 0. The van der Waals surface area contributed by atoms with Gasteiger partial charge in [-0.15, -0.1) is 0 Å². The van der Waals surface area contributed by atoms with Crippen LogP contribution in [0.25, 0.3) is 11.1 Å². The molecule has 1 aliphatic carbocycles. The number of ether oxygens (including phenoxy) is 1. The summed E-state index contributed by atoms with van der Waals surface area (Å²) in [6.07, 6.45) is 6.50. The molecular formula is C28H27F5O. The smallest absolute Gasteiger partial charge is 0.194 e. The monoisotopic (exact) mass is 474 g/mol. The van der Waals surface area contributed by atoms with E-state index >= 15 is 8.78 Å². The van der Waals surface area contributed by atoms with Gasteiger partial charge in [-0.2, -0.15) is 0 Å². The first-order chi connectivity index (χ1) is 16.4. The zero-order valence-corrected chi connectivity index (χ0v) is 19.0. The SMILES string of the molecule is CCCCC1CCC(c2c(F)cc(-c3ccccc3)c(Oc3cc(F)c(F)c(F)c3)c2F)CC1. The van der Waals surface area contributed by atoms with Gasteiger partial charge >= 0.3 is 0 Å². The highest BCUT2D eigenvalue weighted by Gasteiger charge is 2.30. The highest BCUT2D eigenvalue weighted by molar-refractivity contribution is 5.72. The fourth-order valence-corrected chi connectivity index (χ4v) is 4.86. The van der Waals surface area contributed by atoms with Gasteiger partial charge in [0, 0.05) is 23.3 Å². The van der Waals surface area contributed by atoms with Crippen LogP contribution in [0.1, 0.15) is 63.4 Å². The Morgan fingerprint density at radius 3 is 2.06 bits per heavy atom. The van der Waals surface area contributed by atoms with Crippen LogP contribution in [-0.2, 0) is 0 Å². The largest absolute Gasteiger partial charge is 0.453 e. The minimum atomic E-state index is -1.64. The van der Waals surface area contributed by atoms with Gasteiger partial charge in [-0.25, -0.2) is 22.0 Å². The van der Waals surface area contributed by atoms with Crippen molar-refractivity contribution in [1.29, 1.82) is 0 Å². The van der Waals surface area contributed by atoms with Crippen molar-refractivity contribution in [2.45, 2.75) is 57.8 Å². The van der Waals surface area contributed by atoms with E-state index < -0.39 is 34.8 Å². The first-order valence-electron chi connectivity index (χ1n) is 11.8. The third kappa shape index (κ3) is 5.11. The molecule has 0 saturated heterocycles. The molecule has 0 bridgehead atoms. The predicted molar refractivity (Wildman–Crippen MR) is 122 cm³/mol. The summed E-state index contributed by atoms with van der Waals surface area (Å²) in [7, 11) is 0. The van der Waals surface area contributed by atoms with E-state index in [0.717, 1.165) is 32.1 Å². The van der Waals surface area contributed by atoms with E-state index in [1.165, 1.54) is 6.07 Å². The lowest BCUT2D eigenvalue weighted by Crippen LogP contribution is -2.16. The summed E-state index contributed by atoms with van der Waals surface area (Å²) in [6.45, 7) is 2.14. The number of unbranched alkanes of at least 4 members (excludes halogenated alkanes) is 1. The molecule has 6 heteroatoms. The summed E-state index contributed by atoms with van der Waals surface area (Å²) in [4.78, 5) is 0. The van der Waals surface area contributed by atoms with E-state index in [9.17, 15) is 13.2 Å². The Kier molecular flexibility index (Phi) is 7.54. The Morgan fingerprint density at radius 2 is 1.44 bits per heavy atom. The minimum Gasteiger partial charge on any atom is -0.453 e. The molecule has 1 nitrogen and oxygen atoms in total. The van der Waals surface area contributed by atoms with Gasteiger partial charge < -0.3 is 4.74 Å². The van der Waals surface area contributed by atoms with Gasteiger partial charge in [-0.05, 0) is 49.1 Å². The summed E-state index contributed by atoms with van der Waals surface area (Å²) >= 11 is 0. The Balaban J connectivity index is 1.74. The third-order valence-corrected chi connectivity index (χ3v) is 6.69. The van der Waals surface area contributed by atoms with E-state index in [-0.39, 0.29) is 22.8 Å². The lowest BCUT2D eigenvalue weighted by Gasteiger charge is -2.30. The molecule has 4 rings (SSSR count). The maximum absolute atomic E-state index is 15.9. The average molecular weight is 475 g/mol. The molecule has 1 aliphatic rings. The molecule has 1 saturated carbocycles. The molecule has 0 unspecified atom stereocenters. The van der Waals surface area contributed by atoms with Crippen molar-refractivity contribution in [3.8, 4) is 22.6 Å². The topological polar surface area (TPSA) is 9.23 Å². The van der Waals surface area contributed by atoms with E-state index in [2.05, 4.69) is 6.92 Å². The normalized spacial score (nSPS) is 18.2. The molecule has 0 heterocycles. The molecule has 3 aromatic rings. The maximum Gasteiger partial charge on any atom is 0.194 e. The van der Waals surface area contributed by atoms with Crippen LogP contribution in [0.5, 0.6) is 11.5 Å². The minimum absolute atomic E-state index is 0.0633. The number of halogens is 5. The van der Waals surface area contributed by atoms with Crippen molar-refractivity contribution >= 4 is 0 Å². The molecule has 0 amide bonds. The molecule has 180 valence electrons. The van der Waals surface area contributed by atoms with Crippen molar-refractivity contribution in [3.05, 3.63) is 83.2 Å². The lowest BCUT2D eigenvalue weighted by atomic mass is 9.76.